The summed E-state index contributed by atoms with van der Waals surface area (Å²) in [5.41, 5.74) is 3.55. The quantitative estimate of drug-likeness (QED) is 0.383. The average molecular weight is 617 g/mol. The maximum absolute atomic E-state index is 15.3. The molecule has 4 aliphatic heterocycles. The van der Waals surface area contributed by atoms with E-state index in [9.17, 15) is 14.4 Å². The van der Waals surface area contributed by atoms with Crippen LogP contribution < -0.4 is 10.1 Å². The molecular formula is C34H37FN4O6. The van der Waals surface area contributed by atoms with Crippen molar-refractivity contribution in [3.63, 3.8) is 0 Å². The zero-order valence-electron chi connectivity index (χ0n) is 25.3. The fourth-order valence-corrected chi connectivity index (χ4v) is 7.20. The number of nitrogens with one attached hydrogen (secondary N) is 1. The number of halogens is 1. The minimum Gasteiger partial charge on any atom is -0.489 e. The number of benzene rings is 2. The summed E-state index contributed by atoms with van der Waals surface area (Å²) in [5.74, 6) is -0.225. The van der Waals surface area contributed by atoms with E-state index in [0.717, 1.165) is 41.6 Å². The second-order valence-electron chi connectivity index (χ2n) is 12.6. The Morgan fingerprint density at radius 1 is 1.04 bits per heavy atom. The number of amides is 3. The van der Waals surface area contributed by atoms with Gasteiger partial charge in [-0.2, -0.15) is 0 Å². The number of likely N-dealkylation sites (tertiary alicyclic amines) is 1. The average Bonchev–Trinajstić information content (AvgIpc) is 3.56. The van der Waals surface area contributed by atoms with Crippen LogP contribution in [-0.4, -0.2) is 84.7 Å². The fourth-order valence-electron chi connectivity index (χ4n) is 7.20. The van der Waals surface area contributed by atoms with Gasteiger partial charge in [-0.3, -0.25) is 24.6 Å². The normalized spacial score (nSPS) is 24.4. The van der Waals surface area contributed by atoms with Crippen LogP contribution in [0.4, 0.5) is 4.39 Å². The highest BCUT2D eigenvalue weighted by molar-refractivity contribution is 6.05. The van der Waals surface area contributed by atoms with Crippen molar-refractivity contribution in [2.45, 2.75) is 56.8 Å². The Labute approximate surface area is 260 Å². The summed E-state index contributed by atoms with van der Waals surface area (Å²) in [6, 6.07) is 12.3. The third-order valence-electron chi connectivity index (χ3n) is 9.49. The Balaban J connectivity index is 1.03. The van der Waals surface area contributed by atoms with E-state index < -0.39 is 11.9 Å². The van der Waals surface area contributed by atoms with Gasteiger partial charge in [0.05, 0.1) is 6.61 Å². The Morgan fingerprint density at radius 2 is 1.89 bits per heavy atom. The smallest absolute Gasteiger partial charge is 0.255 e. The zero-order valence-corrected chi connectivity index (χ0v) is 25.3. The van der Waals surface area contributed by atoms with E-state index in [4.69, 9.17) is 19.2 Å². The van der Waals surface area contributed by atoms with Crippen LogP contribution in [0.1, 0.15) is 58.8 Å². The van der Waals surface area contributed by atoms with Gasteiger partial charge in [-0.05, 0) is 66.8 Å². The molecule has 4 aliphatic rings. The first-order valence-electron chi connectivity index (χ1n) is 15.7. The molecule has 0 saturated carbocycles. The number of pyridine rings is 1. The molecule has 0 unspecified atom stereocenters. The molecule has 1 aromatic heterocycles. The van der Waals surface area contributed by atoms with Crippen LogP contribution in [0, 0.1) is 11.7 Å². The summed E-state index contributed by atoms with van der Waals surface area (Å²) in [5, 5.41) is 3.13. The van der Waals surface area contributed by atoms with Crippen molar-refractivity contribution in [3.05, 3.63) is 70.7 Å². The highest BCUT2D eigenvalue weighted by Crippen LogP contribution is 2.33. The first kappa shape index (κ1) is 29.8. The van der Waals surface area contributed by atoms with E-state index in [-0.39, 0.29) is 42.6 Å². The number of fused-ring (bicyclic) bond motifs is 2. The van der Waals surface area contributed by atoms with E-state index in [1.807, 2.05) is 24.3 Å². The number of piperidine rings is 1. The van der Waals surface area contributed by atoms with E-state index in [1.165, 1.54) is 4.90 Å². The van der Waals surface area contributed by atoms with Gasteiger partial charge in [0.1, 0.15) is 29.2 Å². The molecule has 1 N–H and O–H groups in total. The number of hydrogen-bond acceptors (Lipinski definition) is 8. The SMILES string of the molecule is COC[C@H]1CN(Cc2cc(F)c3nc(C4CCOCC4)ccc3c2)C[C@@H]1Oc1ccc2c(c1)CN([C@H]1CCC(=O)NC1=O)C2=O. The summed E-state index contributed by atoms with van der Waals surface area (Å²) < 4.78 is 32.8. The largest absolute Gasteiger partial charge is 0.489 e. The van der Waals surface area contributed by atoms with Gasteiger partial charge in [-0.25, -0.2) is 9.37 Å². The topological polar surface area (TPSA) is 110 Å². The molecule has 2 aromatic carbocycles. The molecule has 5 heterocycles. The predicted octanol–water partition coefficient (Wildman–Crippen LogP) is 3.55. The molecule has 3 fully saturated rings. The van der Waals surface area contributed by atoms with Crippen molar-refractivity contribution in [2.75, 3.05) is 40.0 Å². The molecule has 3 saturated heterocycles. The second kappa shape index (κ2) is 12.5. The number of rotatable bonds is 8. The molecule has 0 spiro atoms. The molecular weight excluding hydrogens is 579 g/mol. The number of aromatic nitrogens is 1. The molecule has 3 aromatic rings. The van der Waals surface area contributed by atoms with Crippen molar-refractivity contribution in [2.24, 2.45) is 5.92 Å². The van der Waals surface area contributed by atoms with E-state index in [2.05, 4.69) is 10.2 Å². The van der Waals surface area contributed by atoms with Gasteiger partial charge in [0.15, 0.2) is 0 Å². The molecule has 236 valence electrons. The Kier molecular flexibility index (Phi) is 8.24. The van der Waals surface area contributed by atoms with Gasteiger partial charge in [-0.15, -0.1) is 0 Å². The van der Waals surface area contributed by atoms with Crippen LogP contribution >= 0.6 is 0 Å². The highest BCUT2D eigenvalue weighted by Gasteiger charge is 2.40. The van der Waals surface area contributed by atoms with E-state index in [0.29, 0.717) is 62.1 Å². The lowest BCUT2D eigenvalue weighted by Crippen LogP contribution is -2.52. The molecule has 3 amide bonds. The van der Waals surface area contributed by atoms with Crippen LogP contribution in [-0.2, 0) is 32.2 Å². The second-order valence-corrected chi connectivity index (χ2v) is 12.6. The minimum absolute atomic E-state index is 0.0962. The number of carbonyl (C=O) groups is 3. The van der Waals surface area contributed by atoms with E-state index >= 15 is 4.39 Å². The first-order chi connectivity index (χ1) is 21.9. The third-order valence-corrected chi connectivity index (χ3v) is 9.49. The predicted molar refractivity (Wildman–Crippen MR) is 162 cm³/mol. The minimum atomic E-state index is -0.661. The van der Waals surface area contributed by atoms with Crippen molar-refractivity contribution < 1.29 is 33.0 Å². The van der Waals surface area contributed by atoms with Crippen LogP contribution in [0.2, 0.25) is 0 Å². The number of ether oxygens (including phenoxy) is 3. The van der Waals surface area contributed by atoms with E-state index in [1.54, 1.807) is 25.3 Å². The van der Waals surface area contributed by atoms with Gasteiger partial charge in [0, 0.05) is 81.4 Å². The number of carbonyl (C=O) groups excluding carboxylic acids is 3. The monoisotopic (exact) mass is 616 g/mol. The summed E-state index contributed by atoms with van der Waals surface area (Å²) in [6.07, 6.45) is 2.18. The van der Waals surface area contributed by atoms with Gasteiger partial charge in [0.25, 0.3) is 5.91 Å². The van der Waals surface area contributed by atoms with Crippen LogP contribution in [0.5, 0.6) is 5.75 Å². The fraction of sp³-hybridized carbons (Fsp3) is 0.471. The van der Waals surface area contributed by atoms with Crippen LogP contribution in [0.3, 0.4) is 0 Å². The van der Waals surface area contributed by atoms with Crippen molar-refractivity contribution in [3.8, 4) is 5.75 Å². The lowest BCUT2D eigenvalue weighted by atomic mass is 9.95. The third kappa shape index (κ3) is 6.04. The summed E-state index contributed by atoms with van der Waals surface area (Å²) in [4.78, 5) is 45.6. The Bertz CT molecular complexity index is 1640. The number of methoxy groups -OCH3 is 1. The lowest BCUT2D eigenvalue weighted by Gasteiger charge is -2.29. The molecule has 45 heavy (non-hydrogen) atoms. The van der Waals surface area contributed by atoms with Gasteiger partial charge in [0.2, 0.25) is 11.8 Å². The summed E-state index contributed by atoms with van der Waals surface area (Å²) in [6.45, 7) is 4.15. The Morgan fingerprint density at radius 3 is 2.69 bits per heavy atom. The van der Waals surface area contributed by atoms with Crippen molar-refractivity contribution in [1.29, 1.82) is 0 Å². The van der Waals surface area contributed by atoms with Crippen LogP contribution in [0.15, 0.2) is 42.5 Å². The molecule has 0 radical (unpaired) electrons. The summed E-state index contributed by atoms with van der Waals surface area (Å²) >= 11 is 0. The summed E-state index contributed by atoms with van der Waals surface area (Å²) in [7, 11) is 1.67. The van der Waals surface area contributed by atoms with Crippen molar-refractivity contribution >= 4 is 28.6 Å². The lowest BCUT2D eigenvalue weighted by molar-refractivity contribution is -0.136. The zero-order chi connectivity index (χ0) is 31.1. The molecule has 0 aliphatic carbocycles. The van der Waals surface area contributed by atoms with Gasteiger partial charge >= 0.3 is 0 Å². The molecule has 7 rings (SSSR count). The first-order valence-corrected chi connectivity index (χ1v) is 15.7. The van der Waals surface area contributed by atoms with Crippen molar-refractivity contribution in [1.82, 2.24) is 20.1 Å². The molecule has 3 atom stereocenters. The molecule has 10 nitrogen and oxygen atoms in total. The number of nitrogens with zero attached hydrogens (tertiary/aromatic N) is 3. The van der Waals surface area contributed by atoms with Gasteiger partial charge < -0.3 is 19.1 Å². The van der Waals surface area contributed by atoms with Gasteiger partial charge in [-0.1, -0.05) is 6.07 Å². The Hall–Kier alpha value is -3.93. The highest BCUT2D eigenvalue weighted by atomic mass is 19.1. The maximum Gasteiger partial charge on any atom is 0.255 e. The maximum atomic E-state index is 15.3. The standard InChI is InChI=1S/C34H37FN4O6/c1-43-19-24-16-38(15-20-12-22-2-5-28(21-8-10-44-11-9-21)36-32(22)27(35)13-20)18-30(24)45-25-3-4-26-23(14-25)17-39(34(26)42)29-6-7-31(40)37-33(29)41/h2-5,12-14,21,24,29-30H,6-11,15-19H2,1H3,(H,37,40,41)/t24-,29+,30+/m1/s1. The molecule has 0 bridgehead atoms. The number of hydrogen-bond donors (Lipinski definition) is 1. The molecule has 11 heteroatoms. The number of imide groups is 1. The van der Waals surface area contributed by atoms with Crippen LogP contribution in [0.25, 0.3) is 10.9 Å².